The Morgan fingerprint density at radius 3 is 2.67 bits per heavy atom. The molecule has 71 valence electrons. The molecule has 0 atom stereocenters. The zero-order valence-corrected chi connectivity index (χ0v) is 8.20. The topological polar surface area (TPSA) is 15.8 Å². The number of hydrogen-bond donors (Lipinski definition) is 1. The molecule has 1 nitrogen and oxygen atoms in total. The summed E-state index contributed by atoms with van der Waals surface area (Å²) in [6.07, 6.45) is 4.03. The fourth-order valence-corrected chi connectivity index (χ4v) is 1.87. The lowest BCUT2D eigenvalue weighted by Crippen LogP contribution is -1.77. The molecule has 0 amide bonds. The minimum atomic E-state index is 1.16. The molecule has 0 bridgehead atoms. The van der Waals surface area contributed by atoms with Gasteiger partial charge < -0.3 is 4.98 Å². The van der Waals surface area contributed by atoms with Gasteiger partial charge in [-0.05, 0) is 22.6 Å². The molecular formula is C14H10N. The molecule has 0 aliphatic carbocycles. The summed E-state index contributed by atoms with van der Waals surface area (Å²) in [4.78, 5) is 3.13. The second kappa shape index (κ2) is 3.28. The van der Waals surface area contributed by atoms with Crippen LogP contribution in [0.2, 0.25) is 0 Å². The Balaban J connectivity index is 2.31. The zero-order chi connectivity index (χ0) is 10.1. The molecule has 0 saturated heterocycles. The number of hydrogen-bond acceptors (Lipinski definition) is 0. The van der Waals surface area contributed by atoms with Gasteiger partial charge in [-0.2, -0.15) is 0 Å². The molecule has 15 heavy (non-hydrogen) atoms. The Labute approximate surface area is 88.4 Å². The molecular weight excluding hydrogens is 182 g/mol. The van der Waals surface area contributed by atoms with E-state index in [0.29, 0.717) is 0 Å². The molecule has 0 fully saturated rings. The summed E-state index contributed by atoms with van der Waals surface area (Å²) >= 11 is 0. The van der Waals surface area contributed by atoms with Crippen LogP contribution in [0.4, 0.5) is 0 Å². The summed E-state index contributed by atoms with van der Waals surface area (Å²) in [6, 6.07) is 17.7. The number of aromatic nitrogens is 1. The molecule has 1 N–H and O–H groups in total. The molecule has 3 rings (SSSR count). The van der Waals surface area contributed by atoms with Crippen molar-refractivity contribution in [1.82, 2.24) is 4.98 Å². The van der Waals surface area contributed by atoms with Crippen LogP contribution >= 0.6 is 0 Å². The molecule has 0 spiro atoms. The predicted octanol–water partition coefficient (Wildman–Crippen LogP) is 3.64. The highest BCUT2D eigenvalue weighted by Gasteiger charge is 2.02. The largest absolute Gasteiger partial charge is 0.366 e. The summed E-state index contributed by atoms with van der Waals surface area (Å²) in [5, 5.41) is 2.45. The van der Waals surface area contributed by atoms with Gasteiger partial charge in [0, 0.05) is 17.8 Å². The van der Waals surface area contributed by atoms with E-state index in [4.69, 9.17) is 0 Å². The highest BCUT2D eigenvalue weighted by molar-refractivity contribution is 5.96. The van der Waals surface area contributed by atoms with Gasteiger partial charge in [0.1, 0.15) is 0 Å². The Morgan fingerprint density at radius 1 is 0.933 bits per heavy atom. The highest BCUT2D eigenvalue weighted by Crippen LogP contribution is 2.27. The third-order valence-electron chi connectivity index (χ3n) is 2.60. The van der Waals surface area contributed by atoms with E-state index < -0.39 is 0 Å². The quantitative estimate of drug-likeness (QED) is 0.606. The van der Waals surface area contributed by atoms with E-state index in [2.05, 4.69) is 41.4 Å². The maximum Gasteiger partial charge on any atom is 0.00908 e. The van der Waals surface area contributed by atoms with E-state index in [9.17, 15) is 0 Å². The van der Waals surface area contributed by atoms with Crippen molar-refractivity contribution in [1.29, 1.82) is 0 Å². The highest BCUT2D eigenvalue weighted by atomic mass is 14.6. The number of fused-ring (bicyclic) bond motifs is 1. The van der Waals surface area contributed by atoms with Crippen molar-refractivity contribution in [3.8, 4) is 11.1 Å². The van der Waals surface area contributed by atoms with Crippen molar-refractivity contribution in [3.05, 3.63) is 60.9 Å². The average molecular weight is 192 g/mol. The lowest BCUT2D eigenvalue weighted by Gasteiger charge is -2.02. The van der Waals surface area contributed by atoms with Crippen LogP contribution in [0.5, 0.6) is 0 Å². The van der Waals surface area contributed by atoms with Crippen LogP contribution in [0.25, 0.3) is 21.9 Å². The first-order valence-electron chi connectivity index (χ1n) is 4.98. The van der Waals surface area contributed by atoms with Gasteiger partial charge >= 0.3 is 0 Å². The van der Waals surface area contributed by atoms with Crippen molar-refractivity contribution in [2.45, 2.75) is 0 Å². The molecule has 0 aliphatic rings. The monoisotopic (exact) mass is 192 g/mol. The number of benzene rings is 2. The van der Waals surface area contributed by atoms with Crippen LogP contribution in [-0.4, -0.2) is 4.98 Å². The molecule has 1 heterocycles. The molecule has 2 aromatic carbocycles. The summed E-state index contributed by atoms with van der Waals surface area (Å²) in [5.74, 6) is 0. The van der Waals surface area contributed by atoms with Gasteiger partial charge in [0.05, 0.1) is 0 Å². The maximum absolute atomic E-state index is 3.29. The minimum absolute atomic E-state index is 1.16. The third kappa shape index (κ3) is 1.33. The summed E-state index contributed by atoms with van der Waals surface area (Å²) < 4.78 is 0. The average Bonchev–Trinajstić information content (AvgIpc) is 2.78. The lowest BCUT2D eigenvalue weighted by molar-refractivity contribution is 1.43. The van der Waals surface area contributed by atoms with Crippen LogP contribution in [0, 0.1) is 6.07 Å². The number of rotatable bonds is 1. The Kier molecular flexibility index (Phi) is 1.82. The summed E-state index contributed by atoms with van der Waals surface area (Å²) in [5.41, 5.74) is 2.37. The van der Waals surface area contributed by atoms with Crippen LogP contribution in [0.1, 0.15) is 0 Å². The van der Waals surface area contributed by atoms with Gasteiger partial charge in [0.2, 0.25) is 0 Å². The zero-order valence-electron chi connectivity index (χ0n) is 8.20. The van der Waals surface area contributed by atoms with Crippen molar-refractivity contribution in [3.63, 3.8) is 0 Å². The molecule has 1 heteroatoms. The minimum Gasteiger partial charge on any atom is -0.366 e. The maximum atomic E-state index is 3.29. The molecule has 3 aromatic rings. The standard InChI is InChI=1S/C14H10N/c1-2-5-11(6-3-1)13-8-4-7-12-9-15-10-14(12)13/h1-7,9-10,15H. The van der Waals surface area contributed by atoms with Crippen molar-refractivity contribution in [2.24, 2.45) is 0 Å². The first kappa shape index (κ1) is 8.30. The molecule has 0 unspecified atom stereocenters. The summed E-state index contributed by atoms with van der Waals surface area (Å²) in [6.45, 7) is 0. The third-order valence-corrected chi connectivity index (χ3v) is 2.60. The smallest absolute Gasteiger partial charge is 0.00908 e. The van der Waals surface area contributed by atoms with Crippen molar-refractivity contribution >= 4 is 10.8 Å². The number of nitrogens with one attached hydrogen (secondary N) is 1. The second-order valence-electron chi connectivity index (χ2n) is 3.54. The first-order valence-corrected chi connectivity index (χ1v) is 4.98. The fourth-order valence-electron chi connectivity index (χ4n) is 1.87. The van der Waals surface area contributed by atoms with Gasteiger partial charge in [-0.1, -0.05) is 42.5 Å². The van der Waals surface area contributed by atoms with E-state index in [1.165, 1.54) is 16.3 Å². The molecule has 0 aliphatic heterocycles. The van der Waals surface area contributed by atoms with E-state index in [0.717, 1.165) is 5.56 Å². The van der Waals surface area contributed by atoms with Crippen LogP contribution in [-0.2, 0) is 0 Å². The van der Waals surface area contributed by atoms with E-state index in [1.807, 2.05) is 24.5 Å². The SMILES string of the molecule is [c]1ccc2c[nH]cc2c1-c1ccccc1. The van der Waals surface area contributed by atoms with Gasteiger partial charge in [0.25, 0.3) is 0 Å². The molecule has 1 aromatic heterocycles. The summed E-state index contributed by atoms with van der Waals surface area (Å²) in [7, 11) is 0. The van der Waals surface area contributed by atoms with Crippen LogP contribution in [0.3, 0.4) is 0 Å². The number of H-pyrrole nitrogens is 1. The van der Waals surface area contributed by atoms with E-state index in [1.54, 1.807) is 0 Å². The Bertz CT molecular complexity index is 578. The van der Waals surface area contributed by atoms with Gasteiger partial charge in [-0.3, -0.25) is 0 Å². The van der Waals surface area contributed by atoms with Gasteiger partial charge in [-0.25, -0.2) is 0 Å². The molecule has 1 radical (unpaired) electrons. The Hall–Kier alpha value is -2.02. The first-order chi connectivity index (χ1) is 7.45. The van der Waals surface area contributed by atoms with E-state index in [-0.39, 0.29) is 0 Å². The van der Waals surface area contributed by atoms with E-state index >= 15 is 0 Å². The normalized spacial score (nSPS) is 10.7. The van der Waals surface area contributed by atoms with Crippen LogP contribution in [0.15, 0.2) is 54.9 Å². The van der Waals surface area contributed by atoms with Crippen molar-refractivity contribution in [2.75, 3.05) is 0 Å². The van der Waals surface area contributed by atoms with Crippen molar-refractivity contribution < 1.29 is 0 Å². The van der Waals surface area contributed by atoms with Crippen LogP contribution < -0.4 is 0 Å². The van der Waals surface area contributed by atoms with Gasteiger partial charge in [-0.15, -0.1) is 0 Å². The lowest BCUT2D eigenvalue weighted by atomic mass is 10.0. The Morgan fingerprint density at radius 2 is 1.80 bits per heavy atom. The van der Waals surface area contributed by atoms with Gasteiger partial charge in [0.15, 0.2) is 0 Å². The predicted molar refractivity (Wildman–Crippen MR) is 62.6 cm³/mol. The number of aromatic amines is 1. The fraction of sp³-hybridized carbons (Fsp3) is 0. The molecule has 0 saturated carbocycles. The second-order valence-corrected chi connectivity index (χ2v) is 3.54.